The van der Waals surface area contributed by atoms with E-state index in [9.17, 15) is 0 Å². The smallest absolute Gasteiger partial charge is 0.0541 e. The van der Waals surface area contributed by atoms with Crippen molar-refractivity contribution in [3.63, 3.8) is 0 Å². The number of para-hydroxylation sites is 3. The fraction of sp³-hybridized carbons (Fsp3) is 0.0448. The lowest BCUT2D eigenvalue weighted by molar-refractivity contribution is 0.660. The highest BCUT2D eigenvalue weighted by Gasteiger charge is 2.35. The van der Waals surface area contributed by atoms with E-state index < -0.39 is 0 Å². The SMILES string of the molecule is CC1(C)c2ccccc2-c2ccc(-c3ccc(N(c4ccc(-c5ccc6c(c5)c5ccccc5n6-c5ccccc5)cc4)c4ccccc4-c4cccc5cccc(-c6ccccc6)c45)cc3)cc21. The van der Waals surface area contributed by atoms with Crippen LogP contribution in [0.3, 0.4) is 0 Å². The Morgan fingerprint density at radius 3 is 1.61 bits per heavy atom. The van der Waals surface area contributed by atoms with Crippen LogP contribution in [-0.4, -0.2) is 4.57 Å². The number of nitrogens with zero attached hydrogens (tertiary/aromatic N) is 2. The summed E-state index contributed by atoms with van der Waals surface area (Å²) >= 11 is 0. The molecule has 0 atom stereocenters. The van der Waals surface area contributed by atoms with Crippen LogP contribution in [0.25, 0.3) is 93.9 Å². The van der Waals surface area contributed by atoms with Gasteiger partial charge in [-0.2, -0.15) is 0 Å². The molecule has 0 aliphatic heterocycles. The lowest BCUT2D eigenvalue weighted by atomic mass is 9.81. The zero-order chi connectivity index (χ0) is 46.1. The maximum atomic E-state index is 2.44. The molecule has 1 aliphatic rings. The summed E-state index contributed by atoms with van der Waals surface area (Å²) in [5.41, 5.74) is 21.8. The highest BCUT2D eigenvalue weighted by atomic mass is 15.1. The number of hydrogen-bond acceptors (Lipinski definition) is 1. The third-order valence-electron chi connectivity index (χ3n) is 14.6. The van der Waals surface area contributed by atoms with E-state index in [2.05, 4.69) is 278 Å². The number of rotatable bonds is 8. The molecule has 69 heavy (non-hydrogen) atoms. The van der Waals surface area contributed by atoms with E-state index in [1.54, 1.807) is 0 Å². The summed E-state index contributed by atoms with van der Waals surface area (Å²) in [6.07, 6.45) is 0. The van der Waals surface area contributed by atoms with E-state index in [-0.39, 0.29) is 5.41 Å². The summed E-state index contributed by atoms with van der Waals surface area (Å²) in [6, 6.07) is 93.6. The van der Waals surface area contributed by atoms with Crippen molar-refractivity contribution in [2.75, 3.05) is 4.90 Å². The quantitative estimate of drug-likeness (QED) is 0.148. The molecule has 12 aromatic rings. The van der Waals surface area contributed by atoms with Gasteiger partial charge in [-0.25, -0.2) is 0 Å². The van der Waals surface area contributed by atoms with Crippen molar-refractivity contribution in [1.29, 1.82) is 0 Å². The number of hydrogen-bond donors (Lipinski definition) is 0. The first-order valence-corrected chi connectivity index (χ1v) is 24.0. The first kappa shape index (κ1) is 40.5. The molecule has 0 unspecified atom stereocenters. The van der Waals surface area contributed by atoms with Crippen molar-refractivity contribution in [3.05, 3.63) is 266 Å². The summed E-state index contributed by atoms with van der Waals surface area (Å²) in [5.74, 6) is 0. The minimum atomic E-state index is -0.0661. The van der Waals surface area contributed by atoms with Crippen molar-refractivity contribution in [2.45, 2.75) is 19.3 Å². The lowest BCUT2D eigenvalue weighted by Gasteiger charge is -2.29. The number of anilines is 3. The van der Waals surface area contributed by atoms with E-state index >= 15 is 0 Å². The molecule has 0 radical (unpaired) electrons. The topological polar surface area (TPSA) is 8.17 Å². The standard InChI is InChI=1S/C67H48N2/c1-67(2)61-28-12-9-23-55(61)56-41-35-50(44-62(56)67)46-33-39-53(40-34-46)68(63-29-13-10-24-57(63)59-27-16-20-48-19-15-26-54(66(48)59)47-17-5-3-6-18-47)52-37-31-45(32-38-52)49-36-42-65-60(43-49)58-25-11-14-30-64(58)69(65)51-21-7-4-8-22-51/h3-44H,1-2H3. The number of fused-ring (bicyclic) bond motifs is 7. The molecule has 13 rings (SSSR count). The normalized spacial score (nSPS) is 12.6. The van der Waals surface area contributed by atoms with Crippen LogP contribution in [0.2, 0.25) is 0 Å². The first-order valence-electron chi connectivity index (χ1n) is 24.0. The van der Waals surface area contributed by atoms with Gasteiger partial charge in [0.25, 0.3) is 0 Å². The third-order valence-corrected chi connectivity index (χ3v) is 14.6. The van der Waals surface area contributed by atoms with E-state index in [4.69, 9.17) is 0 Å². The molecular weight excluding hydrogens is 833 g/mol. The van der Waals surface area contributed by atoms with Gasteiger partial charge in [-0.1, -0.05) is 202 Å². The van der Waals surface area contributed by atoms with Crippen LogP contribution in [0.5, 0.6) is 0 Å². The van der Waals surface area contributed by atoms with Gasteiger partial charge in [0.1, 0.15) is 0 Å². The zero-order valence-corrected chi connectivity index (χ0v) is 38.6. The van der Waals surface area contributed by atoms with Gasteiger partial charge in [-0.05, 0) is 139 Å². The van der Waals surface area contributed by atoms with Crippen LogP contribution in [0, 0.1) is 0 Å². The van der Waals surface area contributed by atoms with Gasteiger partial charge in [0.15, 0.2) is 0 Å². The predicted molar refractivity (Wildman–Crippen MR) is 292 cm³/mol. The van der Waals surface area contributed by atoms with Crippen LogP contribution < -0.4 is 4.90 Å². The average molecular weight is 881 g/mol. The average Bonchev–Trinajstić information content (AvgIpc) is 3.87. The van der Waals surface area contributed by atoms with Gasteiger partial charge in [0.05, 0.1) is 16.7 Å². The van der Waals surface area contributed by atoms with Crippen molar-refractivity contribution in [3.8, 4) is 61.3 Å². The Bertz CT molecular complexity index is 3890. The maximum Gasteiger partial charge on any atom is 0.0541 e. The molecule has 0 bridgehead atoms. The van der Waals surface area contributed by atoms with Crippen LogP contribution in [0.1, 0.15) is 25.0 Å². The molecule has 0 saturated carbocycles. The largest absolute Gasteiger partial charge is 0.310 e. The third kappa shape index (κ3) is 6.71. The molecule has 0 saturated heterocycles. The summed E-state index contributed by atoms with van der Waals surface area (Å²) < 4.78 is 2.38. The molecule has 326 valence electrons. The van der Waals surface area contributed by atoms with Crippen molar-refractivity contribution < 1.29 is 0 Å². The van der Waals surface area contributed by atoms with Crippen LogP contribution in [0.4, 0.5) is 17.1 Å². The van der Waals surface area contributed by atoms with Gasteiger partial charge >= 0.3 is 0 Å². The molecule has 0 spiro atoms. The molecule has 11 aromatic carbocycles. The highest BCUT2D eigenvalue weighted by molar-refractivity contribution is 6.11. The summed E-state index contributed by atoms with van der Waals surface area (Å²) in [5, 5.41) is 4.95. The van der Waals surface area contributed by atoms with Crippen LogP contribution in [0.15, 0.2) is 255 Å². The second-order valence-corrected chi connectivity index (χ2v) is 18.9. The maximum absolute atomic E-state index is 2.44. The minimum Gasteiger partial charge on any atom is -0.310 e. The Labute approximate surface area is 403 Å². The van der Waals surface area contributed by atoms with Gasteiger partial charge < -0.3 is 9.47 Å². The molecule has 0 N–H and O–H groups in total. The van der Waals surface area contributed by atoms with E-state index in [0.717, 1.165) is 22.7 Å². The molecule has 1 heterocycles. The second-order valence-electron chi connectivity index (χ2n) is 18.9. The molecule has 0 fully saturated rings. The molecule has 2 heteroatoms. The summed E-state index contributed by atoms with van der Waals surface area (Å²) in [6.45, 7) is 4.71. The zero-order valence-electron chi connectivity index (χ0n) is 38.6. The van der Waals surface area contributed by atoms with Crippen molar-refractivity contribution >= 4 is 49.6 Å². The highest BCUT2D eigenvalue weighted by Crippen LogP contribution is 2.50. The van der Waals surface area contributed by atoms with Crippen LogP contribution in [-0.2, 0) is 5.41 Å². The Morgan fingerprint density at radius 1 is 0.333 bits per heavy atom. The molecule has 0 amide bonds. The van der Waals surface area contributed by atoms with Crippen molar-refractivity contribution in [2.24, 2.45) is 0 Å². The second kappa shape index (κ2) is 16.3. The van der Waals surface area contributed by atoms with Crippen LogP contribution >= 0.6 is 0 Å². The predicted octanol–water partition coefficient (Wildman–Crippen LogP) is 18.4. The molecular formula is C67H48N2. The first-order chi connectivity index (χ1) is 34.0. The lowest BCUT2D eigenvalue weighted by Crippen LogP contribution is -2.14. The Balaban J connectivity index is 0.941. The molecule has 1 aliphatic carbocycles. The monoisotopic (exact) mass is 880 g/mol. The molecule has 2 nitrogen and oxygen atoms in total. The van der Waals surface area contributed by atoms with Gasteiger partial charge in [-0.15, -0.1) is 0 Å². The number of aromatic nitrogens is 1. The Morgan fingerprint density at radius 2 is 0.870 bits per heavy atom. The van der Waals surface area contributed by atoms with Gasteiger partial charge in [0.2, 0.25) is 0 Å². The number of benzene rings is 11. The summed E-state index contributed by atoms with van der Waals surface area (Å²) in [7, 11) is 0. The minimum absolute atomic E-state index is 0.0661. The van der Waals surface area contributed by atoms with Crippen molar-refractivity contribution in [1.82, 2.24) is 4.57 Å². The van der Waals surface area contributed by atoms with E-state index in [1.165, 1.54) is 99.3 Å². The van der Waals surface area contributed by atoms with E-state index in [0.29, 0.717) is 0 Å². The summed E-state index contributed by atoms with van der Waals surface area (Å²) in [4.78, 5) is 2.44. The van der Waals surface area contributed by atoms with Gasteiger partial charge in [0, 0.05) is 38.8 Å². The Kier molecular flexibility index (Phi) is 9.55. The fourth-order valence-electron chi connectivity index (χ4n) is 11.2. The van der Waals surface area contributed by atoms with Gasteiger partial charge in [-0.3, -0.25) is 0 Å². The fourth-order valence-corrected chi connectivity index (χ4v) is 11.2. The van der Waals surface area contributed by atoms with E-state index in [1.807, 2.05) is 0 Å². The Hall–Kier alpha value is -8.72. The molecule has 1 aromatic heterocycles.